The molecule has 0 aromatic rings. The van der Waals surface area contributed by atoms with Crippen LogP contribution in [0.1, 0.15) is 33.6 Å². The van der Waals surface area contributed by atoms with Crippen molar-refractivity contribution in [2.24, 2.45) is 5.16 Å². The summed E-state index contributed by atoms with van der Waals surface area (Å²) in [6, 6.07) is 1.89. The maximum absolute atomic E-state index is 8.89. The Balaban J connectivity index is 2.98. The molecule has 2 unspecified atom stereocenters. The topological polar surface area (TPSA) is 73.1 Å². The average molecular weight is 228 g/mol. The molecular formula is C10H16N2O4. The molecule has 0 aromatic heterocycles. The van der Waals surface area contributed by atoms with Gasteiger partial charge in [-0.05, 0) is 6.42 Å². The highest BCUT2D eigenvalue weighted by Crippen LogP contribution is 2.36. The van der Waals surface area contributed by atoms with Gasteiger partial charge in [0.2, 0.25) is 5.79 Å². The van der Waals surface area contributed by atoms with E-state index in [1.54, 1.807) is 0 Å². The van der Waals surface area contributed by atoms with E-state index < -0.39 is 11.6 Å². The summed E-state index contributed by atoms with van der Waals surface area (Å²) in [4.78, 5) is 14.8. The van der Waals surface area contributed by atoms with E-state index >= 15 is 0 Å². The predicted molar refractivity (Wildman–Crippen MR) is 55.0 cm³/mol. The first-order chi connectivity index (χ1) is 7.55. The van der Waals surface area contributed by atoms with Crippen molar-refractivity contribution in [3.63, 3.8) is 0 Å². The molecule has 6 nitrogen and oxygen atoms in total. The van der Waals surface area contributed by atoms with Crippen molar-refractivity contribution < 1.29 is 19.3 Å². The molecule has 0 spiro atoms. The summed E-state index contributed by atoms with van der Waals surface area (Å²) in [6.07, 6.45) is 1.05. The summed E-state index contributed by atoms with van der Waals surface area (Å²) in [5, 5.41) is 12.7. The monoisotopic (exact) mass is 228 g/mol. The van der Waals surface area contributed by atoms with Crippen molar-refractivity contribution in [3.8, 4) is 6.07 Å². The van der Waals surface area contributed by atoms with Gasteiger partial charge in [-0.1, -0.05) is 19.0 Å². The van der Waals surface area contributed by atoms with Gasteiger partial charge in [-0.25, -0.2) is 0 Å². The third-order valence-corrected chi connectivity index (χ3v) is 2.34. The van der Waals surface area contributed by atoms with Crippen LogP contribution in [0.4, 0.5) is 0 Å². The number of oxime groups is 1. The van der Waals surface area contributed by atoms with Crippen molar-refractivity contribution in [2.45, 2.75) is 45.2 Å². The molecule has 1 saturated heterocycles. The highest BCUT2D eigenvalue weighted by Gasteiger charge is 2.53. The molecule has 1 heterocycles. The number of nitriles is 1. The summed E-state index contributed by atoms with van der Waals surface area (Å²) in [6.45, 7) is 5.24. The smallest absolute Gasteiger partial charge is 0.289 e. The summed E-state index contributed by atoms with van der Waals surface area (Å²) >= 11 is 0. The van der Waals surface area contributed by atoms with E-state index in [2.05, 4.69) is 5.16 Å². The minimum atomic E-state index is -1.40. The van der Waals surface area contributed by atoms with E-state index in [1.807, 2.05) is 19.9 Å². The zero-order valence-electron chi connectivity index (χ0n) is 9.94. The SMILES string of the molecule is CC/C(=N\OC)C1(CC)OOC(C)(C#N)O1. The van der Waals surface area contributed by atoms with Crippen molar-refractivity contribution in [3.05, 3.63) is 0 Å². The molecule has 16 heavy (non-hydrogen) atoms. The Morgan fingerprint density at radius 3 is 2.50 bits per heavy atom. The quantitative estimate of drug-likeness (QED) is 0.416. The van der Waals surface area contributed by atoms with Crippen molar-refractivity contribution in [1.29, 1.82) is 5.26 Å². The number of rotatable bonds is 4. The molecular weight excluding hydrogens is 212 g/mol. The van der Waals surface area contributed by atoms with E-state index in [0.717, 1.165) is 0 Å². The van der Waals surface area contributed by atoms with Gasteiger partial charge in [0.15, 0.2) is 0 Å². The van der Waals surface area contributed by atoms with Crippen LogP contribution in [0.2, 0.25) is 0 Å². The molecule has 0 N–H and O–H groups in total. The van der Waals surface area contributed by atoms with E-state index in [9.17, 15) is 0 Å². The number of ether oxygens (including phenoxy) is 1. The standard InChI is InChI=1S/C10H16N2O4/c1-5-8(12-13-4)10(6-2)14-9(3,7-11)15-16-10/h5-6H2,1-4H3/b12-8+. The minimum Gasteiger partial charge on any atom is -0.399 e. The molecule has 0 saturated carbocycles. The van der Waals surface area contributed by atoms with Crippen molar-refractivity contribution >= 4 is 5.71 Å². The molecule has 90 valence electrons. The Bertz CT molecular complexity index is 325. The maximum Gasteiger partial charge on any atom is 0.289 e. The Hall–Kier alpha value is -1.16. The van der Waals surface area contributed by atoms with Gasteiger partial charge in [0.05, 0.1) is 0 Å². The fourth-order valence-corrected chi connectivity index (χ4v) is 1.49. The van der Waals surface area contributed by atoms with Gasteiger partial charge in [-0.3, -0.25) is 4.74 Å². The molecule has 2 atom stereocenters. The second kappa shape index (κ2) is 4.78. The zero-order chi connectivity index (χ0) is 12.2. The van der Waals surface area contributed by atoms with Crippen LogP contribution in [0, 0.1) is 11.3 Å². The number of nitrogens with zero attached hydrogens (tertiary/aromatic N) is 2. The van der Waals surface area contributed by atoms with Crippen LogP contribution < -0.4 is 0 Å². The van der Waals surface area contributed by atoms with Gasteiger partial charge in [-0.2, -0.15) is 15.0 Å². The molecule has 0 radical (unpaired) electrons. The minimum absolute atomic E-state index is 0.473. The van der Waals surface area contributed by atoms with E-state index in [4.69, 9.17) is 24.6 Å². The second-order valence-corrected chi connectivity index (χ2v) is 3.51. The lowest BCUT2D eigenvalue weighted by atomic mass is 10.1. The maximum atomic E-state index is 8.89. The van der Waals surface area contributed by atoms with E-state index in [0.29, 0.717) is 18.6 Å². The molecule has 0 aliphatic carbocycles. The fourth-order valence-electron chi connectivity index (χ4n) is 1.49. The van der Waals surface area contributed by atoms with Crippen LogP contribution >= 0.6 is 0 Å². The predicted octanol–water partition coefficient (Wildman–Crippen LogP) is 1.72. The van der Waals surface area contributed by atoms with Gasteiger partial charge in [0.25, 0.3) is 5.79 Å². The van der Waals surface area contributed by atoms with Gasteiger partial charge in [0, 0.05) is 13.3 Å². The summed E-state index contributed by atoms with van der Waals surface area (Å²) < 4.78 is 5.52. The molecule has 0 aromatic carbocycles. The van der Waals surface area contributed by atoms with Gasteiger partial charge >= 0.3 is 0 Å². The first-order valence-corrected chi connectivity index (χ1v) is 5.14. The first-order valence-electron chi connectivity index (χ1n) is 5.14. The Morgan fingerprint density at radius 2 is 2.12 bits per heavy atom. The van der Waals surface area contributed by atoms with Crippen LogP contribution in [0.3, 0.4) is 0 Å². The van der Waals surface area contributed by atoms with Crippen LogP contribution in [0.25, 0.3) is 0 Å². The molecule has 0 amide bonds. The van der Waals surface area contributed by atoms with Gasteiger partial charge in [-0.15, -0.1) is 0 Å². The zero-order valence-corrected chi connectivity index (χ0v) is 9.94. The highest BCUT2D eigenvalue weighted by molar-refractivity contribution is 5.90. The molecule has 1 aliphatic heterocycles. The van der Waals surface area contributed by atoms with Crippen molar-refractivity contribution in [1.82, 2.24) is 0 Å². The average Bonchev–Trinajstić information content (AvgIpc) is 2.66. The third kappa shape index (κ3) is 2.16. The lowest BCUT2D eigenvalue weighted by Gasteiger charge is -2.24. The first kappa shape index (κ1) is 12.9. The summed E-state index contributed by atoms with van der Waals surface area (Å²) in [5.74, 6) is -2.53. The lowest BCUT2D eigenvalue weighted by Crippen LogP contribution is -2.41. The molecule has 1 aliphatic rings. The number of hydrogen-bond donors (Lipinski definition) is 0. The highest BCUT2D eigenvalue weighted by atomic mass is 17.3. The molecule has 1 fully saturated rings. The Morgan fingerprint density at radius 1 is 1.44 bits per heavy atom. The van der Waals surface area contributed by atoms with Crippen LogP contribution in [0.15, 0.2) is 5.16 Å². The normalized spacial score (nSPS) is 34.8. The largest absolute Gasteiger partial charge is 0.399 e. The van der Waals surface area contributed by atoms with Crippen molar-refractivity contribution in [2.75, 3.05) is 7.11 Å². The third-order valence-electron chi connectivity index (χ3n) is 2.34. The van der Waals surface area contributed by atoms with Crippen LogP contribution in [-0.4, -0.2) is 24.4 Å². The van der Waals surface area contributed by atoms with Gasteiger partial charge < -0.3 is 4.84 Å². The lowest BCUT2D eigenvalue weighted by molar-refractivity contribution is -0.323. The van der Waals surface area contributed by atoms with E-state index in [1.165, 1.54) is 14.0 Å². The summed E-state index contributed by atoms with van der Waals surface area (Å²) in [7, 11) is 1.44. The number of hydrogen-bond acceptors (Lipinski definition) is 6. The Labute approximate surface area is 94.6 Å². The molecule has 6 heteroatoms. The van der Waals surface area contributed by atoms with Crippen LogP contribution in [-0.2, 0) is 19.3 Å². The fraction of sp³-hybridized carbons (Fsp3) is 0.800. The van der Waals surface area contributed by atoms with Gasteiger partial charge in [0.1, 0.15) is 18.9 Å². The molecule has 0 bridgehead atoms. The molecule has 1 rings (SSSR count). The van der Waals surface area contributed by atoms with E-state index in [-0.39, 0.29) is 0 Å². The Kier molecular flexibility index (Phi) is 3.86. The second-order valence-electron chi connectivity index (χ2n) is 3.51. The summed E-state index contributed by atoms with van der Waals surface area (Å²) in [5.41, 5.74) is 0.552. The van der Waals surface area contributed by atoms with Crippen LogP contribution in [0.5, 0.6) is 0 Å².